The van der Waals surface area contributed by atoms with Crippen molar-refractivity contribution in [1.29, 1.82) is 0 Å². The van der Waals surface area contributed by atoms with E-state index in [1.807, 2.05) is 0 Å². The lowest BCUT2D eigenvalue weighted by molar-refractivity contribution is -0.149. The summed E-state index contributed by atoms with van der Waals surface area (Å²) in [4.78, 5) is 17.0. The Morgan fingerprint density at radius 2 is 2.12 bits per heavy atom. The molecule has 136 valence electrons. The third-order valence-electron chi connectivity index (χ3n) is 3.31. The minimum Gasteiger partial charge on any atom is -0.331 e. The van der Waals surface area contributed by atoms with Crippen LogP contribution in [0.25, 0.3) is 5.69 Å². The van der Waals surface area contributed by atoms with Gasteiger partial charge in [0.25, 0.3) is 0 Å². The van der Waals surface area contributed by atoms with Gasteiger partial charge in [0, 0.05) is 19.0 Å². The molecular weight excluding hydrogens is 364 g/mol. The van der Waals surface area contributed by atoms with Crippen molar-refractivity contribution >= 4 is 23.2 Å². The largest absolute Gasteiger partial charge is 0.387 e. The number of aromatic nitrogens is 3. The quantitative estimate of drug-likeness (QED) is 0.588. The first-order valence-corrected chi connectivity index (χ1v) is 7.57. The summed E-state index contributed by atoms with van der Waals surface area (Å²) in [7, 11) is 0. The molecule has 0 radical (unpaired) electrons. The molecule has 25 heavy (non-hydrogen) atoms. The number of amides is 1. The van der Waals surface area contributed by atoms with Gasteiger partial charge in [-0.1, -0.05) is 17.5 Å². The number of hydrogen-bond donors (Lipinski definition) is 0. The molecule has 2 heterocycles. The van der Waals surface area contributed by atoms with Crippen molar-refractivity contribution in [3.05, 3.63) is 42.6 Å². The number of hydrogen-bond acceptors (Lipinski definition) is 3. The molecule has 0 aliphatic rings. The lowest BCUT2D eigenvalue weighted by Gasteiger charge is -2.27. The summed E-state index contributed by atoms with van der Waals surface area (Å²) < 4.78 is 51.9. The number of nitrogens with zero attached hydrogens (tertiary/aromatic N) is 4. The third-order valence-corrected chi connectivity index (χ3v) is 3.58. The van der Waals surface area contributed by atoms with Gasteiger partial charge in [0.2, 0.25) is 0 Å². The first-order chi connectivity index (χ1) is 11.6. The monoisotopic (exact) mass is 377 g/mol. The zero-order valence-electron chi connectivity index (χ0n) is 13.1. The predicted molar refractivity (Wildman–Crippen MR) is 83.9 cm³/mol. The maximum Gasteiger partial charge on any atom is 0.387 e. The van der Waals surface area contributed by atoms with Crippen LogP contribution in [0, 0.1) is 18.7 Å². The molecule has 0 bridgehead atoms. The van der Waals surface area contributed by atoms with Crippen LogP contribution in [0.1, 0.15) is 13.3 Å². The molecule has 2 aromatic heterocycles. The Morgan fingerprint density at radius 3 is 2.68 bits per heavy atom. The number of alkyl halides is 3. The van der Waals surface area contributed by atoms with E-state index in [9.17, 15) is 22.4 Å². The van der Waals surface area contributed by atoms with E-state index in [2.05, 4.69) is 17.0 Å². The minimum atomic E-state index is -4.51. The summed E-state index contributed by atoms with van der Waals surface area (Å²) in [6.07, 6.45) is -2.21. The maximum absolute atomic E-state index is 13.3. The number of halogens is 5. The molecule has 2 rings (SSSR count). The van der Waals surface area contributed by atoms with Crippen molar-refractivity contribution < 1.29 is 22.4 Å². The van der Waals surface area contributed by atoms with Crippen LogP contribution in [0.5, 0.6) is 0 Å². The van der Waals surface area contributed by atoms with Gasteiger partial charge < -0.3 is 11.8 Å². The van der Waals surface area contributed by atoms with Crippen LogP contribution in [0.4, 0.5) is 23.2 Å². The molecule has 0 spiro atoms. The van der Waals surface area contributed by atoms with E-state index in [-0.39, 0.29) is 23.1 Å². The van der Waals surface area contributed by atoms with Gasteiger partial charge in [0.1, 0.15) is 11.5 Å². The Morgan fingerprint density at radius 1 is 1.44 bits per heavy atom. The highest BCUT2D eigenvalue weighted by Crippen LogP contribution is 2.30. The molecule has 5 nitrogen and oxygen atoms in total. The number of carbonyl (C=O) groups is 1. The van der Waals surface area contributed by atoms with Crippen molar-refractivity contribution in [1.82, 2.24) is 14.8 Å². The van der Waals surface area contributed by atoms with E-state index in [1.165, 1.54) is 17.1 Å². The lowest BCUT2D eigenvalue weighted by atomic mass is 10.1. The molecule has 10 heteroatoms. The van der Waals surface area contributed by atoms with Crippen molar-refractivity contribution in [3.8, 4) is 5.69 Å². The van der Waals surface area contributed by atoms with Gasteiger partial charge in [-0.05, 0) is 6.92 Å². The molecular formula is C15H14ClF4N4O-. The van der Waals surface area contributed by atoms with E-state index in [0.29, 0.717) is 0 Å². The third kappa shape index (κ3) is 4.68. The highest BCUT2D eigenvalue weighted by atomic mass is 35.5. The van der Waals surface area contributed by atoms with Crippen LogP contribution in [0.3, 0.4) is 0 Å². The van der Waals surface area contributed by atoms with Crippen LogP contribution in [-0.4, -0.2) is 33.4 Å². The first-order valence-electron chi connectivity index (χ1n) is 7.19. The minimum absolute atomic E-state index is 0.0650. The molecule has 1 unspecified atom stereocenters. The summed E-state index contributed by atoms with van der Waals surface area (Å²) in [6.45, 7) is 4.93. The lowest BCUT2D eigenvalue weighted by Crippen LogP contribution is -2.37. The second kappa shape index (κ2) is 7.38. The van der Waals surface area contributed by atoms with Gasteiger partial charge in [0.05, 0.1) is 24.3 Å². The number of anilines is 1. The van der Waals surface area contributed by atoms with Crippen LogP contribution >= 0.6 is 11.6 Å². The van der Waals surface area contributed by atoms with Crippen LogP contribution < -0.4 is 4.90 Å². The Hall–Kier alpha value is -2.16. The van der Waals surface area contributed by atoms with E-state index >= 15 is 0 Å². The van der Waals surface area contributed by atoms with E-state index in [1.54, 1.807) is 6.92 Å². The van der Waals surface area contributed by atoms with Crippen molar-refractivity contribution in [2.24, 2.45) is 5.92 Å². The van der Waals surface area contributed by atoms with Crippen LogP contribution in [0.2, 0.25) is 5.15 Å². The summed E-state index contributed by atoms with van der Waals surface area (Å²) >= 11 is 6.01. The van der Waals surface area contributed by atoms with E-state index in [4.69, 9.17) is 11.6 Å². The van der Waals surface area contributed by atoms with Crippen molar-refractivity contribution in [2.45, 2.75) is 19.5 Å². The number of pyridine rings is 1. The van der Waals surface area contributed by atoms with Crippen molar-refractivity contribution in [3.63, 3.8) is 0 Å². The fraction of sp³-hybridized carbons (Fsp3) is 0.333. The van der Waals surface area contributed by atoms with Gasteiger partial charge >= 0.3 is 6.18 Å². The van der Waals surface area contributed by atoms with E-state index < -0.39 is 30.2 Å². The summed E-state index contributed by atoms with van der Waals surface area (Å²) in [5.41, 5.74) is 0.354. The fourth-order valence-corrected chi connectivity index (χ4v) is 2.45. The number of carbonyl (C=O) groups excluding carboxylic acids is 1. The Bertz CT molecular complexity index is 762. The van der Waals surface area contributed by atoms with Crippen molar-refractivity contribution in [2.75, 3.05) is 11.4 Å². The molecule has 0 saturated carbocycles. The van der Waals surface area contributed by atoms with Gasteiger partial charge in [-0.15, -0.1) is 0 Å². The molecule has 0 fully saturated rings. The van der Waals surface area contributed by atoms with Gasteiger partial charge in [-0.3, -0.25) is 9.78 Å². The predicted octanol–water partition coefficient (Wildman–Crippen LogP) is 3.82. The molecule has 0 N–H and O–H groups in total. The summed E-state index contributed by atoms with van der Waals surface area (Å²) in [5.74, 6) is -2.95. The van der Waals surface area contributed by atoms with Crippen LogP contribution in [0.15, 0.2) is 24.7 Å². The highest BCUT2D eigenvalue weighted by molar-refractivity contribution is 6.32. The summed E-state index contributed by atoms with van der Waals surface area (Å²) in [6, 6.07) is 1.14. The second-order valence-corrected chi connectivity index (χ2v) is 5.57. The zero-order valence-corrected chi connectivity index (χ0v) is 13.9. The molecule has 0 aliphatic heterocycles. The molecule has 1 amide bonds. The highest BCUT2D eigenvalue weighted by Gasteiger charge is 2.32. The Balaban J connectivity index is 2.31. The number of rotatable bonds is 5. The average molecular weight is 378 g/mol. The molecule has 0 aromatic carbocycles. The standard InChI is InChI=1S/C15H14ClF4N4O/c1-3-23(14(25)9(2)5-15(18,19)20)12-8-24(22-13(12)16)11-4-10(17)6-21-7-11/h4,6-9H,2-3,5H2,1H3/q-1. The zero-order chi connectivity index (χ0) is 18.8. The van der Waals surface area contributed by atoms with Gasteiger partial charge in [-0.25, -0.2) is 9.07 Å². The first kappa shape index (κ1) is 19.2. The smallest absolute Gasteiger partial charge is 0.331 e. The molecule has 0 saturated heterocycles. The topological polar surface area (TPSA) is 51.0 Å². The molecule has 0 aliphatic carbocycles. The SMILES string of the molecule is [CH2-]C(CC(F)(F)F)C(=O)N(CC)c1cn(-c2cncc(F)c2)nc1Cl. The van der Waals surface area contributed by atoms with Crippen LogP contribution in [-0.2, 0) is 4.79 Å². The summed E-state index contributed by atoms with van der Waals surface area (Å²) in [5, 5.41) is 3.83. The normalized spacial score (nSPS) is 12.9. The molecule has 1 atom stereocenters. The average Bonchev–Trinajstić information content (AvgIpc) is 2.88. The van der Waals surface area contributed by atoms with Gasteiger partial charge in [0.15, 0.2) is 11.1 Å². The Labute approximate surface area is 146 Å². The van der Waals surface area contributed by atoms with E-state index in [0.717, 1.165) is 17.2 Å². The second-order valence-electron chi connectivity index (χ2n) is 5.21. The Kier molecular flexibility index (Phi) is 5.66. The van der Waals surface area contributed by atoms with Gasteiger partial charge in [-0.2, -0.15) is 18.3 Å². The molecule has 2 aromatic rings. The fourth-order valence-electron chi connectivity index (χ4n) is 2.22. The maximum atomic E-state index is 13.3.